The highest BCUT2D eigenvalue weighted by Crippen LogP contribution is 2.35. The lowest BCUT2D eigenvalue weighted by molar-refractivity contribution is -0.151. The van der Waals surface area contributed by atoms with E-state index in [9.17, 15) is 14.4 Å². The Labute approximate surface area is 178 Å². The molecule has 0 aliphatic carbocycles. The van der Waals surface area contributed by atoms with Crippen LogP contribution < -0.4 is 10.2 Å². The number of nitrogens with one attached hydrogen (secondary N) is 1. The fourth-order valence-electron chi connectivity index (χ4n) is 3.07. The van der Waals surface area contributed by atoms with E-state index in [1.807, 2.05) is 19.1 Å². The number of rotatable bonds is 6. The molecule has 1 saturated heterocycles. The quantitative estimate of drug-likeness (QED) is 0.694. The summed E-state index contributed by atoms with van der Waals surface area (Å²) in [5.41, 5.74) is 2.23. The molecule has 1 aliphatic heterocycles. The van der Waals surface area contributed by atoms with Gasteiger partial charge in [-0.25, -0.2) is 0 Å². The molecule has 0 aromatic heterocycles. The zero-order valence-electron chi connectivity index (χ0n) is 15.8. The molecule has 1 heterocycles. The van der Waals surface area contributed by atoms with Gasteiger partial charge >= 0.3 is 5.97 Å². The predicted octanol–water partition coefficient (Wildman–Crippen LogP) is 4.09. The Morgan fingerprint density at radius 3 is 2.59 bits per heavy atom. The van der Waals surface area contributed by atoms with Crippen molar-refractivity contribution in [3.63, 3.8) is 0 Å². The molecule has 1 fully saturated rings. The molecule has 3 rings (SSSR count). The number of carbonyl (C=O) groups is 3. The molecule has 6 nitrogen and oxygen atoms in total. The molecule has 1 aliphatic rings. The fraction of sp³-hybridized carbons (Fsp3) is 0.286. The van der Waals surface area contributed by atoms with Gasteiger partial charge in [-0.15, -0.1) is 0 Å². The summed E-state index contributed by atoms with van der Waals surface area (Å²) in [5.74, 6) is -1.97. The number of benzene rings is 2. The lowest BCUT2D eigenvalue weighted by Crippen LogP contribution is -2.28. The Morgan fingerprint density at radius 1 is 1.17 bits per heavy atom. The van der Waals surface area contributed by atoms with Gasteiger partial charge in [0.15, 0.2) is 6.61 Å². The highest BCUT2D eigenvalue weighted by Gasteiger charge is 2.37. The molecule has 8 heteroatoms. The fourth-order valence-corrected chi connectivity index (χ4v) is 3.47. The SMILES string of the molecule is CCc1ccc(NC(=O)COC(=O)[C@H]2CC(=O)N(c3cccc(Cl)c3Cl)C2)cc1. The second-order valence-electron chi connectivity index (χ2n) is 6.68. The number of aryl methyl sites for hydroxylation is 1. The molecular weight excluding hydrogens is 415 g/mol. The molecule has 1 atom stereocenters. The second kappa shape index (κ2) is 9.29. The minimum Gasteiger partial charge on any atom is -0.455 e. The monoisotopic (exact) mass is 434 g/mol. The van der Waals surface area contributed by atoms with Gasteiger partial charge in [0, 0.05) is 18.7 Å². The maximum absolute atomic E-state index is 12.3. The van der Waals surface area contributed by atoms with Crippen LogP contribution in [-0.2, 0) is 25.5 Å². The van der Waals surface area contributed by atoms with Crippen molar-refractivity contribution in [2.24, 2.45) is 5.92 Å². The van der Waals surface area contributed by atoms with Gasteiger partial charge in [-0.2, -0.15) is 0 Å². The molecule has 29 heavy (non-hydrogen) atoms. The third kappa shape index (κ3) is 5.08. The van der Waals surface area contributed by atoms with Gasteiger partial charge in [-0.05, 0) is 36.2 Å². The van der Waals surface area contributed by atoms with Crippen LogP contribution in [0.4, 0.5) is 11.4 Å². The zero-order valence-corrected chi connectivity index (χ0v) is 17.3. The average Bonchev–Trinajstić information content (AvgIpc) is 3.10. The van der Waals surface area contributed by atoms with E-state index in [1.54, 1.807) is 30.3 Å². The number of amides is 2. The molecule has 0 bridgehead atoms. The molecule has 0 saturated carbocycles. The molecule has 2 aromatic carbocycles. The number of nitrogens with zero attached hydrogens (tertiary/aromatic N) is 1. The summed E-state index contributed by atoms with van der Waals surface area (Å²) in [7, 11) is 0. The maximum Gasteiger partial charge on any atom is 0.311 e. The average molecular weight is 435 g/mol. The van der Waals surface area contributed by atoms with Gasteiger partial charge in [0.1, 0.15) is 0 Å². The Bertz CT molecular complexity index is 931. The van der Waals surface area contributed by atoms with Gasteiger partial charge in [-0.3, -0.25) is 14.4 Å². The van der Waals surface area contributed by atoms with Crippen molar-refractivity contribution in [1.29, 1.82) is 0 Å². The summed E-state index contributed by atoms with van der Waals surface area (Å²) in [6, 6.07) is 12.4. The molecule has 1 N–H and O–H groups in total. The van der Waals surface area contributed by atoms with E-state index in [0.717, 1.165) is 12.0 Å². The number of carbonyl (C=O) groups excluding carboxylic acids is 3. The Morgan fingerprint density at radius 2 is 1.90 bits per heavy atom. The van der Waals surface area contributed by atoms with Crippen LogP contribution in [-0.4, -0.2) is 30.9 Å². The predicted molar refractivity (Wildman–Crippen MR) is 112 cm³/mol. The van der Waals surface area contributed by atoms with Crippen LogP contribution >= 0.6 is 23.2 Å². The van der Waals surface area contributed by atoms with Crippen molar-refractivity contribution in [1.82, 2.24) is 0 Å². The lowest BCUT2D eigenvalue weighted by atomic mass is 10.1. The van der Waals surface area contributed by atoms with Gasteiger partial charge in [0.25, 0.3) is 5.91 Å². The normalized spacial score (nSPS) is 16.0. The third-order valence-electron chi connectivity index (χ3n) is 4.67. The third-order valence-corrected chi connectivity index (χ3v) is 5.48. The van der Waals surface area contributed by atoms with E-state index in [4.69, 9.17) is 27.9 Å². The lowest BCUT2D eigenvalue weighted by Gasteiger charge is -2.18. The van der Waals surface area contributed by atoms with Crippen LogP contribution in [0.1, 0.15) is 18.9 Å². The summed E-state index contributed by atoms with van der Waals surface area (Å²) >= 11 is 12.2. The molecule has 152 valence electrons. The van der Waals surface area contributed by atoms with E-state index in [0.29, 0.717) is 16.4 Å². The van der Waals surface area contributed by atoms with Crippen molar-refractivity contribution in [2.75, 3.05) is 23.4 Å². The highest BCUT2D eigenvalue weighted by molar-refractivity contribution is 6.44. The summed E-state index contributed by atoms with van der Waals surface area (Å²) < 4.78 is 5.10. The highest BCUT2D eigenvalue weighted by atomic mass is 35.5. The number of esters is 1. The summed E-state index contributed by atoms with van der Waals surface area (Å²) in [6.45, 7) is 1.75. The number of halogens is 2. The maximum atomic E-state index is 12.3. The Kier molecular flexibility index (Phi) is 6.77. The minimum absolute atomic E-state index is 0.0121. The van der Waals surface area contributed by atoms with E-state index < -0.39 is 24.4 Å². The van der Waals surface area contributed by atoms with Crippen LogP contribution in [0.2, 0.25) is 10.0 Å². The zero-order chi connectivity index (χ0) is 21.0. The van der Waals surface area contributed by atoms with E-state index in [-0.39, 0.29) is 23.9 Å². The first kappa shape index (κ1) is 21.1. The smallest absolute Gasteiger partial charge is 0.311 e. The van der Waals surface area contributed by atoms with Gasteiger partial charge in [0.05, 0.1) is 21.7 Å². The standard InChI is InChI=1S/C21H20Cl2N2O4/c1-2-13-6-8-15(9-7-13)24-18(26)12-29-21(28)14-10-19(27)25(11-14)17-5-3-4-16(22)20(17)23/h3-9,14H,2,10-12H2,1H3,(H,24,26)/t14-/m0/s1. The van der Waals surface area contributed by atoms with Gasteiger partial charge in [-0.1, -0.05) is 48.3 Å². The van der Waals surface area contributed by atoms with E-state index in [2.05, 4.69) is 5.32 Å². The molecule has 0 spiro atoms. The van der Waals surface area contributed by atoms with Crippen LogP contribution in [0, 0.1) is 5.92 Å². The van der Waals surface area contributed by atoms with Crippen molar-refractivity contribution in [2.45, 2.75) is 19.8 Å². The van der Waals surface area contributed by atoms with Crippen molar-refractivity contribution in [3.8, 4) is 0 Å². The second-order valence-corrected chi connectivity index (χ2v) is 7.47. The van der Waals surface area contributed by atoms with Crippen molar-refractivity contribution >= 4 is 52.4 Å². The van der Waals surface area contributed by atoms with Crippen molar-refractivity contribution in [3.05, 3.63) is 58.1 Å². The van der Waals surface area contributed by atoms with Crippen LogP contribution in [0.15, 0.2) is 42.5 Å². The summed E-state index contributed by atoms with van der Waals surface area (Å²) in [5, 5.41) is 3.25. The first-order valence-electron chi connectivity index (χ1n) is 9.18. The number of hydrogen-bond donors (Lipinski definition) is 1. The van der Waals surface area contributed by atoms with Crippen LogP contribution in [0.25, 0.3) is 0 Å². The summed E-state index contributed by atoms with van der Waals surface area (Å²) in [4.78, 5) is 38.1. The van der Waals surface area contributed by atoms with E-state index in [1.165, 1.54) is 4.90 Å². The topological polar surface area (TPSA) is 75.7 Å². The molecule has 0 unspecified atom stereocenters. The summed E-state index contributed by atoms with van der Waals surface area (Å²) in [6.07, 6.45) is 0.894. The van der Waals surface area contributed by atoms with Gasteiger partial charge in [0.2, 0.25) is 5.91 Å². The Hall–Kier alpha value is -2.57. The van der Waals surface area contributed by atoms with Crippen LogP contribution in [0.5, 0.6) is 0 Å². The minimum atomic E-state index is -0.672. The Balaban J connectivity index is 1.53. The molecule has 2 aromatic rings. The first-order valence-corrected chi connectivity index (χ1v) is 9.94. The van der Waals surface area contributed by atoms with Crippen LogP contribution in [0.3, 0.4) is 0 Å². The van der Waals surface area contributed by atoms with Gasteiger partial charge < -0.3 is 15.0 Å². The number of hydrogen-bond acceptors (Lipinski definition) is 4. The van der Waals surface area contributed by atoms with E-state index >= 15 is 0 Å². The molecule has 0 radical (unpaired) electrons. The number of ether oxygens (including phenoxy) is 1. The van der Waals surface area contributed by atoms with Crippen molar-refractivity contribution < 1.29 is 19.1 Å². The number of anilines is 2. The first-order chi connectivity index (χ1) is 13.9. The largest absolute Gasteiger partial charge is 0.455 e. The molecule has 2 amide bonds. The molecular formula is C21H20Cl2N2O4.